The van der Waals surface area contributed by atoms with Crippen molar-refractivity contribution in [1.82, 2.24) is 10.2 Å². The summed E-state index contributed by atoms with van der Waals surface area (Å²) >= 11 is 7.75. The number of morpholine rings is 1. The molecule has 3 rings (SSSR count). The molecule has 2 fully saturated rings. The molecular weight excluding hydrogens is 304 g/mol. The first kappa shape index (κ1) is 15.8. The van der Waals surface area contributed by atoms with Crippen molar-refractivity contribution in [2.45, 2.75) is 50.8 Å². The summed E-state index contributed by atoms with van der Waals surface area (Å²) < 4.78 is 7.08. The highest BCUT2D eigenvalue weighted by Crippen LogP contribution is 2.27. The zero-order valence-electron chi connectivity index (χ0n) is 12.7. The van der Waals surface area contributed by atoms with Gasteiger partial charge in [-0.15, -0.1) is 11.3 Å². The normalized spacial score (nSPS) is 27.7. The Morgan fingerprint density at radius 3 is 3.19 bits per heavy atom. The number of halogens is 1. The monoisotopic (exact) mass is 328 g/mol. The molecule has 2 aliphatic rings. The maximum atomic E-state index is 6.20. The van der Waals surface area contributed by atoms with Crippen LogP contribution in [0.4, 0.5) is 0 Å². The predicted molar refractivity (Wildman–Crippen MR) is 89.4 cm³/mol. The van der Waals surface area contributed by atoms with E-state index in [1.807, 2.05) is 6.07 Å². The lowest BCUT2D eigenvalue weighted by molar-refractivity contribution is -0.0642. The summed E-state index contributed by atoms with van der Waals surface area (Å²) in [5, 5.41) is 3.69. The van der Waals surface area contributed by atoms with Gasteiger partial charge in [-0.1, -0.05) is 18.5 Å². The molecule has 0 bridgehead atoms. The number of thiophene rings is 1. The molecule has 118 valence electrons. The van der Waals surface area contributed by atoms with Gasteiger partial charge in [0.1, 0.15) is 0 Å². The molecule has 0 spiro atoms. The molecule has 3 atom stereocenters. The number of hydrogen-bond donors (Lipinski definition) is 1. The molecule has 2 aliphatic heterocycles. The Morgan fingerprint density at radius 1 is 1.52 bits per heavy atom. The van der Waals surface area contributed by atoms with Gasteiger partial charge in [0.2, 0.25) is 0 Å². The predicted octanol–water partition coefficient (Wildman–Crippen LogP) is 3.18. The zero-order valence-corrected chi connectivity index (χ0v) is 14.3. The Labute approximate surface area is 136 Å². The van der Waals surface area contributed by atoms with Crippen molar-refractivity contribution in [2.24, 2.45) is 0 Å². The van der Waals surface area contributed by atoms with Crippen molar-refractivity contribution in [1.29, 1.82) is 0 Å². The van der Waals surface area contributed by atoms with Crippen LogP contribution in [0.15, 0.2) is 12.1 Å². The number of rotatable bonds is 6. The van der Waals surface area contributed by atoms with Crippen LogP contribution in [0.5, 0.6) is 0 Å². The second-order valence-electron chi connectivity index (χ2n) is 6.13. The summed E-state index contributed by atoms with van der Waals surface area (Å²) in [6, 6.07) is 5.21. The molecule has 21 heavy (non-hydrogen) atoms. The molecule has 3 heterocycles. The Kier molecular flexibility index (Phi) is 5.57. The van der Waals surface area contributed by atoms with Crippen LogP contribution in [0.1, 0.15) is 31.1 Å². The highest BCUT2D eigenvalue weighted by Gasteiger charge is 2.35. The minimum absolute atomic E-state index is 0.298. The molecule has 3 nitrogen and oxygen atoms in total. The average Bonchev–Trinajstić information content (AvgIpc) is 3.11. The third-order valence-electron chi connectivity index (χ3n) is 4.57. The molecule has 0 aliphatic carbocycles. The number of fused-ring (bicyclic) bond motifs is 1. The second-order valence-corrected chi connectivity index (χ2v) is 7.93. The largest absolute Gasteiger partial charge is 0.374 e. The molecular formula is C16H25ClN2OS. The molecule has 2 saturated heterocycles. The lowest BCUT2D eigenvalue weighted by atomic mass is 10.0. The van der Waals surface area contributed by atoms with Gasteiger partial charge in [0.25, 0.3) is 0 Å². The lowest BCUT2D eigenvalue weighted by Gasteiger charge is -2.39. The van der Waals surface area contributed by atoms with Crippen LogP contribution in [0.25, 0.3) is 0 Å². The highest BCUT2D eigenvalue weighted by atomic mass is 35.5. The molecule has 0 aromatic carbocycles. The minimum Gasteiger partial charge on any atom is -0.374 e. The van der Waals surface area contributed by atoms with Gasteiger partial charge in [0.05, 0.1) is 17.0 Å². The first-order valence-electron chi connectivity index (χ1n) is 8.09. The maximum absolute atomic E-state index is 6.20. The number of nitrogens with zero attached hydrogens (tertiary/aromatic N) is 1. The van der Waals surface area contributed by atoms with E-state index in [0.29, 0.717) is 18.2 Å². The average molecular weight is 329 g/mol. The summed E-state index contributed by atoms with van der Waals surface area (Å²) in [4.78, 5) is 3.97. The smallest absolute Gasteiger partial charge is 0.0931 e. The molecule has 5 heteroatoms. The van der Waals surface area contributed by atoms with Crippen LogP contribution < -0.4 is 5.32 Å². The fourth-order valence-corrected chi connectivity index (χ4v) is 4.57. The standard InChI is InChI=1S/C16H25ClN2OS/c1-2-7-18-14(9-13-5-6-16(17)21-13)15-10-19-8-3-4-12(19)11-20-15/h5-6,12,14-15,18H,2-4,7-11H2,1H3. The SMILES string of the molecule is CCCNC(Cc1ccc(Cl)s1)C1CN2CCCC2CO1. The number of nitrogens with one attached hydrogen (secondary N) is 1. The van der Waals surface area contributed by atoms with Gasteiger partial charge in [-0.05, 0) is 50.9 Å². The first-order valence-corrected chi connectivity index (χ1v) is 9.29. The highest BCUT2D eigenvalue weighted by molar-refractivity contribution is 7.16. The molecule has 1 aromatic heterocycles. The van der Waals surface area contributed by atoms with Gasteiger partial charge in [-0.3, -0.25) is 4.90 Å². The summed E-state index contributed by atoms with van der Waals surface area (Å²) in [6.07, 6.45) is 5.10. The van der Waals surface area contributed by atoms with Crippen LogP contribution in [-0.2, 0) is 11.2 Å². The second kappa shape index (κ2) is 7.42. The van der Waals surface area contributed by atoms with Crippen molar-refractivity contribution >= 4 is 22.9 Å². The van der Waals surface area contributed by atoms with E-state index in [0.717, 1.165) is 36.9 Å². The van der Waals surface area contributed by atoms with E-state index >= 15 is 0 Å². The molecule has 1 N–H and O–H groups in total. The third kappa shape index (κ3) is 3.99. The molecule has 1 aromatic rings. The van der Waals surface area contributed by atoms with Gasteiger partial charge in [-0.2, -0.15) is 0 Å². The van der Waals surface area contributed by atoms with Gasteiger partial charge in [0, 0.05) is 23.5 Å². The molecule has 0 amide bonds. The van der Waals surface area contributed by atoms with E-state index in [-0.39, 0.29) is 0 Å². The van der Waals surface area contributed by atoms with Crippen molar-refractivity contribution < 1.29 is 4.74 Å². The summed E-state index contributed by atoms with van der Waals surface area (Å²) in [7, 11) is 0. The van der Waals surface area contributed by atoms with E-state index < -0.39 is 0 Å². The summed E-state index contributed by atoms with van der Waals surface area (Å²) in [5.74, 6) is 0. The Hall–Kier alpha value is -0.130. The van der Waals surface area contributed by atoms with E-state index in [1.54, 1.807) is 11.3 Å². The Morgan fingerprint density at radius 2 is 2.43 bits per heavy atom. The van der Waals surface area contributed by atoms with Gasteiger partial charge in [-0.25, -0.2) is 0 Å². The van der Waals surface area contributed by atoms with Crippen molar-refractivity contribution in [2.75, 3.05) is 26.2 Å². The fraction of sp³-hybridized carbons (Fsp3) is 0.750. The van der Waals surface area contributed by atoms with E-state index in [9.17, 15) is 0 Å². The van der Waals surface area contributed by atoms with E-state index in [2.05, 4.69) is 23.2 Å². The first-order chi connectivity index (χ1) is 10.3. The Balaban J connectivity index is 1.63. The van der Waals surface area contributed by atoms with E-state index in [4.69, 9.17) is 16.3 Å². The summed E-state index contributed by atoms with van der Waals surface area (Å²) in [5.41, 5.74) is 0. The number of hydrogen-bond acceptors (Lipinski definition) is 4. The quantitative estimate of drug-likeness (QED) is 0.868. The van der Waals surface area contributed by atoms with Gasteiger partial charge >= 0.3 is 0 Å². The van der Waals surface area contributed by atoms with Gasteiger partial charge < -0.3 is 10.1 Å². The van der Waals surface area contributed by atoms with Crippen LogP contribution in [-0.4, -0.2) is 49.3 Å². The van der Waals surface area contributed by atoms with Crippen LogP contribution in [0.2, 0.25) is 4.34 Å². The number of ether oxygens (including phenoxy) is 1. The van der Waals surface area contributed by atoms with Gasteiger partial charge in [0.15, 0.2) is 0 Å². The fourth-order valence-electron chi connectivity index (χ4n) is 3.43. The van der Waals surface area contributed by atoms with Crippen LogP contribution in [0.3, 0.4) is 0 Å². The molecule has 0 radical (unpaired) electrons. The zero-order chi connectivity index (χ0) is 14.7. The topological polar surface area (TPSA) is 24.5 Å². The van der Waals surface area contributed by atoms with Crippen LogP contribution >= 0.6 is 22.9 Å². The summed E-state index contributed by atoms with van der Waals surface area (Å²) in [6.45, 7) is 6.48. The van der Waals surface area contributed by atoms with Crippen molar-refractivity contribution in [3.8, 4) is 0 Å². The lowest BCUT2D eigenvalue weighted by Crippen LogP contribution is -2.54. The van der Waals surface area contributed by atoms with Crippen LogP contribution in [0, 0.1) is 0 Å². The maximum Gasteiger partial charge on any atom is 0.0931 e. The molecule has 3 unspecified atom stereocenters. The minimum atomic E-state index is 0.298. The Bertz CT molecular complexity index is 453. The molecule has 0 saturated carbocycles. The third-order valence-corrected chi connectivity index (χ3v) is 5.82. The van der Waals surface area contributed by atoms with Crippen molar-refractivity contribution in [3.05, 3.63) is 21.3 Å². The van der Waals surface area contributed by atoms with Crippen molar-refractivity contribution in [3.63, 3.8) is 0 Å². The van der Waals surface area contributed by atoms with E-state index in [1.165, 1.54) is 24.3 Å².